The molecule has 65 valence electrons. The molecule has 0 spiro atoms. The van der Waals surface area contributed by atoms with E-state index in [2.05, 4.69) is 19.0 Å². The number of allylic oxidation sites excluding steroid dienone is 1. The van der Waals surface area contributed by atoms with Gasteiger partial charge in [0, 0.05) is 64.2 Å². The number of hydrogen-bond acceptors (Lipinski definition) is 0. The van der Waals surface area contributed by atoms with Gasteiger partial charge in [0.15, 0.2) is 0 Å². The predicted octanol–water partition coefficient (Wildman–Crippen LogP) is -1.57. The highest BCUT2D eigenvalue weighted by molar-refractivity contribution is 7.68. The summed E-state index contributed by atoms with van der Waals surface area (Å²) in [4.78, 5) is 0. The lowest BCUT2D eigenvalue weighted by molar-refractivity contribution is 0.815. The summed E-state index contributed by atoms with van der Waals surface area (Å²) in [7, 11) is 22.3. The number of unbranched alkanes of at least 4 members (excludes halogenated alkanes) is 2. The first-order chi connectivity index (χ1) is 7.91. The Balaban J connectivity index is 2.95. The quantitative estimate of drug-likeness (QED) is 0.258. The minimum atomic E-state index is 1.17. The molecule has 0 bridgehead atoms. The second-order valence-electron chi connectivity index (χ2n) is 3.30. The fourth-order valence-electron chi connectivity index (χ4n) is 1.01. The highest BCUT2D eigenvalue weighted by Gasteiger charge is 1.95. The predicted molar refractivity (Wildman–Crippen MR) is 86.2 cm³/mol. The average Bonchev–Trinajstić information content (AvgIpc) is 2.31. The average molecular weight is 191 g/mol. The monoisotopic (exact) mass is 193 g/mol. The van der Waals surface area contributed by atoms with Gasteiger partial charge in [-0.25, -0.2) is 0 Å². The van der Waals surface area contributed by atoms with Crippen molar-refractivity contribution in [3.05, 3.63) is 12.1 Å². The first-order valence-corrected chi connectivity index (χ1v) is 5.78. The van der Waals surface area contributed by atoms with Crippen molar-refractivity contribution >= 4 is 71.4 Å². The summed E-state index contributed by atoms with van der Waals surface area (Å²) >= 11 is 0. The molecule has 10 heteroatoms. The van der Waals surface area contributed by atoms with Crippen LogP contribution in [0.15, 0.2) is 12.1 Å². The number of rotatable bonds is 12. The Kier molecular flexibility index (Phi) is 15.8. The van der Waals surface area contributed by atoms with E-state index in [-0.39, 0.29) is 0 Å². The SMILES string of the molecule is [B][B][B][B][B][B][B][B][B][B]/C=C/CCCC. The molecule has 0 heterocycles. The van der Waals surface area contributed by atoms with Crippen LogP contribution in [0.1, 0.15) is 26.2 Å². The van der Waals surface area contributed by atoms with Gasteiger partial charge >= 0.3 is 0 Å². The summed E-state index contributed by atoms with van der Waals surface area (Å²) in [6.07, 6.45) is 5.90. The van der Waals surface area contributed by atoms with Gasteiger partial charge in [-0.05, 0) is 6.42 Å². The lowest BCUT2D eigenvalue weighted by Crippen LogP contribution is -2.31. The minimum absolute atomic E-state index is 1.17. The van der Waals surface area contributed by atoms with Gasteiger partial charge in [0.05, 0.1) is 7.17 Å². The Morgan fingerprint density at radius 1 is 0.938 bits per heavy atom. The molecule has 0 aromatic heterocycles. The topological polar surface area (TPSA) is 0 Å². The summed E-state index contributed by atoms with van der Waals surface area (Å²) in [6.45, 7) is 2.20. The molecule has 0 aliphatic rings. The molecule has 11 radical (unpaired) electrons. The van der Waals surface area contributed by atoms with Gasteiger partial charge in [0.25, 0.3) is 0 Å². The van der Waals surface area contributed by atoms with Gasteiger partial charge in [0.1, 0.15) is 0 Å². The first kappa shape index (κ1) is 16.4. The maximum Gasteiger partial charge on any atom is 0.0851 e. The zero-order valence-corrected chi connectivity index (χ0v) is 10.0. The van der Waals surface area contributed by atoms with Gasteiger partial charge in [-0.3, -0.25) is 0 Å². The highest BCUT2D eigenvalue weighted by atomic mass is 13.8. The van der Waals surface area contributed by atoms with Crippen molar-refractivity contribution < 1.29 is 0 Å². The van der Waals surface area contributed by atoms with E-state index in [1.807, 2.05) is 49.5 Å². The summed E-state index contributed by atoms with van der Waals surface area (Å²) < 4.78 is 0. The minimum Gasteiger partial charge on any atom is -0.137 e. The van der Waals surface area contributed by atoms with Gasteiger partial charge in [-0.1, -0.05) is 25.8 Å². The van der Waals surface area contributed by atoms with Crippen LogP contribution < -0.4 is 0 Å². The smallest absolute Gasteiger partial charge is 0.0851 e. The molecule has 0 unspecified atom stereocenters. The maximum absolute atomic E-state index is 5.18. The van der Waals surface area contributed by atoms with Gasteiger partial charge in [0.2, 0.25) is 0 Å². The molecule has 0 saturated heterocycles. The summed E-state index contributed by atoms with van der Waals surface area (Å²) in [5, 5.41) is 0. The van der Waals surface area contributed by atoms with E-state index in [0.29, 0.717) is 0 Å². The summed E-state index contributed by atoms with van der Waals surface area (Å²) in [6, 6.07) is 0. The van der Waals surface area contributed by atoms with E-state index >= 15 is 0 Å². The fraction of sp³-hybridized carbons (Fsp3) is 0.667. The van der Waals surface area contributed by atoms with Crippen LogP contribution in [0.4, 0.5) is 0 Å². The molecule has 0 aliphatic carbocycles. The fourth-order valence-corrected chi connectivity index (χ4v) is 1.01. The van der Waals surface area contributed by atoms with Crippen LogP contribution in [0, 0.1) is 0 Å². The van der Waals surface area contributed by atoms with E-state index in [0.717, 1.165) is 0 Å². The molecule has 0 saturated carbocycles. The van der Waals surface area contributed by atoms with Crippen LogP contribution >= 0.6 is 0 Å². The molecule has 0 amide bonds. The van der Waals surface area contributed by atoms with Crippen LogP contribution in [0.25, 0.3) is 0 Å². The first-order valence-electron chi connectivity index (χ1n) is 5.78. The van der Waals surface area contributed by atoms with E-state index in [1.54, 1.807) is 7.06 Å². The van der Waals surface area contributed by atoms with Crippen LogP contribution in [0.3, 0.4) is 0 Å². The lowest BCUT2D eigenvalue weighted by Gasteiger charge is -1.94. The molecule has 0 rings (SSSR count). The van der Waals surface area contributed by atoms with E-state index in [9.17, 15) is 0 Å². The standard InChI is InChI=1S/C6H11B10/c1-2-3-4-5-6-8-10-12-14-16-15-13-11-9-7/h5-6H,2-4H2,1H3/b6-5+. The Labute approximate surface area is 110 Å². The molecular formula is C6H11B10. The second kappa shape index (κ2) is 15.4. The molecule has 0 aromatic rings. The lowest BCUT2D eigenvalue weighted by atomic mass is 8.89. The van der Waals surface area contributed by atoms with Crippen molar-refractivity contribution in [2.75, 3.05) is 0 Å². The molecule has 16 heavy (non-hydrogen) atoms. The van der Waals surface area contributed by atoms with E-state index in [4.69, 9.17) is 7.74 Å². The molecule has 0 aromatic carbocycles. The van der Waals surface area contributed by atoms with Crippen LogP contribution in [-0.4, -0.2) is 71.4 Å². The van der Waals surface area contributed by atoms with Crippen molar-refractivity contribution in [3.8, 4) is 0 Å². The Bertz CT molecular complexity index is 150. The van der Waals surface area contributed by atoms with Gasteiger partial charge in [-0.2, -0.15) is 0 Å². The second-order valence-corrected chi connectivity index (χ2v) is 3.30. The molecule has 0 fully saturated rings. The number of hydrogen-bond donors (Lipinski definition) is 0. The third-order valence-corrected chi connectivity index (χ3v) is 1.86. The van der Waals surface area contributed by atoms with Crippen molar-refractivity contribution in [3.63, 3.8) is 0 Å². The summed E-state index contributed by atoms with van der Waals surface area (Å²) in [5.74, 6) is 2.09. The van der Waals surface area contributed by atoms with E-state index in [1.165, 1.54) is 26.3 Å². The molecule has 0 aliphatic heterocycles. The Hall–Kier alpha value is 0.389. The highest BCUT2D eigenvalue weighted by Crippen LogP contribution is 1.93. The van der Waals surface area contributed by atoms with Crippen LogP contribution in [0.2, 0.25) is 0 Å². The zero-order valence-electron chi connectivity index (χ0n) is 10.0. The third-order valence-electron chi connectivity index (χ3n) is 1.86. The molecular weight excluding hydrogens is 180 g/mol. The van der Waals surface area contributed by atoms with E-state index < -0.39 is 0 Å². The van der Waals surface area contributed by atoms with Crippen molar-refractivity contribution in [1.82, 2.24) is 0 Å². The van der Waals surface area contributed by atoms with Gasteiger partial charge in [-0.15, -0.1) is 5.98 Å². The van der Waals surface area contributed by atoms with Gasteiger partial charge < -0.3 is 0 Å². The normalized spacial score (nSPS) is 9.06. The molecule has 0 nitrogen and oxygen atoms in total. The van der Waals surface area contributed by atoms with Crippen molar-refractivity contribution in [2.45, 2.75) is 26.2 Å². The third kappa shape index (κ3) is 14.4. The largest absolute Gasteiger partial charge is 0.137 e. The zero-order chi connectivity index (χ0) is 11.9. The van der Waals surface area contributed by atoms with Crippen LogP contribution in [-0.2, 0) is 0 Å². The molecule has 0 atom stereocenters. The molecule has 0 N–H and O–H groups in total. The Morgan fingerprint density at radius 3 is 2.19 bits per heavy atom. The van der Waals surface area contributed by atoms with Crippen molar-refractivity contribution in [1.29, 1.82) is 0 Å². The maximum atomic E-state index is 5.18. The van der Waals surface area contributed by atoms with Crippen LogP contribution in [0.5, 0.6) is 0 Å². The van der Waals surface area contributed by atoms with Crippen molar-refractivity contribution in [2.24, 2.45) is 0 Å². The summed E-state index contributed by atoms with van der Waals surface area (Å²) in [5.41, 5.74) is 0. The Morgan fingerprint density at radius 2 is 1.56 bits per heavy atom.